The summed E-state index contributed by atoms with van der Waals surface area (Å²) in [5.41, 5.74) is 1.01. The highest BCUT2D eigenvalue weighted by Gasteiger charge is 2.16. The molecule has 0 N–H and O–H groups in total. The molecular formula is C14H19N3O. The van der Waals surface area contributed by atoms with E-state index < -0.39 is 0 Å². The Morgan fingerprint density at radius 3 is 2.61 bits per heavy atom. The summed E-state index contributed by atoms with van der Waals surface area (Å²) in [5, 5.41) is 8.42. The second kappa shape index (κ2) is 5.21. The van der Waals surface area contributed by atoms with Crippen molar-refractivity contribution in [3.63, 3.8) is 0 Å². The molecule has 0 aliphatic heterocycles. The van der Waals surface area contributed by atoms with E-state index in [0.717, 1.165) is 23.1 Å². The summed E-state index contributed by atoms with van der Waals surface area (Å²) in [5.74, 6) is 3.02. The Morgan fingerprint density at radius 2 is 1.94 bits per heavy atom. The van der Waals surface area contributed by atoms with Crippen LogP contribution in [-0.4, -0.2) is 21.4 Å². The topological polar surface area (TPSA) is 39.9 Å². The molecule has 0 saturated heterocycles. The quantitative estimate of drug-likeness (QED) is 0.831. The molecular weight excluding hydrogens is 226 g/mol. The average molecular weight is 245 g/mol. The lowest BCUT2D eigenvalue weighted by Gasteiger charge is -2.15. The first-order chi connectivity index (χ1) is 8.65. The zero-order valence-corrected chi connectivity index (χ0v) is 11.3. The number of hydrogen-bond donors (Lipinski definition) is 0. The molecule has 4 heteroatoms. The Balaban J connectivity index is 2.58. The van der Waals surface area contributed by atoms with Crippen molar-refractivity contribution in [3.8, 4) is 11.4 Å². The molecule has 1 heterocycles. The molecule has 0 fully saturated rings. The maximum absolute atomic E-state index is 5.67. The van der Waals surface area contributed by atoms with E-state index in [0.29, 0.717) is 12.5 Å². The number of aromatic nitrogens is 3. The van der Waals surface area contributed by atoms with Crippen molar-refractivity contribution in [1.29, 1.82) is 0 Å². The van der Waals surface area contributed by atoms with Crippen LogP contribution in [-0.2, 0) is 0 Å². The fraction of sp³-hybridized carbons (Fsp3) is 0.429. The molecule has 0 amide bonds. The predicted octanol–water partition coefficient (Wildman–Crippen LogP) is 3.10. The number of hydrogen-bond acceptors (Lipinski definition) is 3. The van der Waals surface area contributed by atoms with Crippen LogP contribution in [0.2, 0.25) is 0 Å². The van der Waals surface area contributed by atoms with Crippen LogP contribution >= 0.6 is 0 Å². The lowest BCUT2D eigenvalue weighted by molar-refractivity contribution is 0.338. The minimum atomic E-state index is 0.320. The Labute approximate surface area is 108 Å². The van der Waals surface area contributed by atoms with Crippen LogP contribution < -0.4 is 4.74 Å². The van der Waals surface area contributed by atoms with E-state index in [1.54, 1.807) is 0 Å². The van der Waals surface area contributed by atoms with Gasteiger partial charge in [0, 0.05) is 5.92 Å². The summed E-state index contributed by atoms with van der Waals surface area (Å²) in [6.45, 7) is 8.82. The standard InChI is InChI=1S/C14H19N3O/c1-5-18-13-9-7-6-8-12(13)17-11(4)15-16-14(17)10(2)3/h6-10H,5H2,1-4H3. The molecule has 96 valence electrons. The van der Waals surface area contributed by atoms with Gasteiger partial charge in [0.15, 0.2) is 0 Å². The zero-order chi connectivity index (χ0) is 13.1. The Hall–Kier alpha value is -1.84. The third kappa shape index (κ3) is 2.23. The molecule has 2 rings (SSSR count). The smallest absolute Gasteiger partial charge is 0.143 e. The van der Waals surface area contributed by atoms with Gasteiger partial charge in [-0.2, -0.15) is 0 Å². The van der Waals surface area contributed by atoms with Crippen molar-refractivity contribution in [3.05, 3.63) is 35.9 Å². The first kappa shape index (κ1) is 12.6. The van der Waals surface area contributed by atoms with E-state index in [9.17, 15) is 0 Å². The molecule has 0 radical (unpaired) electrons. The van der Waals surface area contributed by atoms with E-state index in [1.165, 1.54) is 0 Å². The maximum Gasteiger partial charge on any atom is 0.143 e. The number of rotatable bonds is 4. The van der Waals surface area contributed by atoms with Gasteiger partial charge in [0.25, 0.3) is 0 Å². The SMILES string of the molecule is CCOc1ccccc1-n1c(C)nnc1C(C)C. The first-order valence-electron chi connectivity index (χ1n) is 6.29. The van der Waals surface area contributed by atoms with Gasteiger partial charge in [-0.15, -0.1) is 10.2 Å². The summed E-state index contributed by atoms with van der Waals surface area (Å²) in [6, 6.07) is 7.99. The second-order valence-electron chi connectivity index (χ2n) is 4.50. The van der Waals surface area contributed by atoms with Gasteiger partial charge in [0.1, 0.15) is 17.4 Å². The maximum atomic E-state index is 5.67. The fourth-order valence-corrected chi connectivity index (χ4v) is 1.97. The van der Waals surface area contributed by atoms with Gasteiger partial charge in [-0.05, 0) is 26.0 Å². The first-order valence-corrected chi connectivity index (χ1v) is 6.29. The summed E-state index contributed by atoms with van der Waals surface area (Å²) in [7, 11) is 0. The lowest BCUT2D eigenvalue weighted by atomic mass is 10.2. The van der Waals surface area contributed by atoms with Crippen LogP contribution in [0.3, 0.4) is 0 Å². The molecule has 0 aliphatic carbocycles. The summed E-state index contributed by atoms with van der Waals surface area (Å²) in [4.78, 5) is 0. The lowest BCUT2D eigenvalue weighted by Crippen LogP contribution is -2.07. The molecule has 0 unspecified atom stereocenters. The molecule has 1 aromatic heterocycles. The minimum Gasteiger partial charge on any atom is -0.492 e. The fourth-order valence-electron chi connectivity index (χ4n) is 1.97. The van der Waals surface area contributed by atoms with Gasteiger partial charge in [0.05, 0.1) is 12.3 Å². The highest BCUT2D eigenvalue weighted by Crippen LogP contribution is 2.27. The molecule has 0 saturated carbocycles. The van der Waals surface area contributed by atoms with Crippen molar-refractivity contribution in [2.24, 2.45) is 0 Å². The summed E-state index contributed by atoms with van der Waals surface area (Å²) < 4.78 is 7.74. The van der Waals surface area contributed by atoms with Gasteiger partial charge in [-0.3, -0.25) is 4.57 Å². The van der Waals surface area contributed by atoms with Crippen LogP contribution in [0.15, 0.2) is 24.3 Å². The van der Waals surface area contributed by atoms with E-state index in [4.69, 9.17) is 4.74 Å². The Kier molecular flexibility index (Phi) is 3.65. The summed E-state index contributed by atoms with van der Waals surface area (Å²) >= 11 is 0. The van der Waals surface area contributed by atoms with Gasteiger partial charge in [0.2, 0.25) is 0 Å². The van der Waals surface area contributed by atoms with Crippen molar-refractivity contribution >= 4 is 0 Å². The minimum absolute atomic E-state index is 0.320. The summed E-state index contributed by atoms with van der Waals surface area (Å²) in [6.07, 6.45) is 0. The van der Waals surface area contributed by atoms with Crippen LogP contribution in [0.25, 0.3) is 5.69 Å². The Bertz CT molecular complexity index is 532. The van der Waals surface area contributed by atoms with Crippen LogP contribution in [0, 0.1) is 6.92 Å². The number of benzene rings is 1. The number of aryl methyl sites for hydroxylation is 1. The van der Waals surface area contributed by atoms with E-state index >= 15 is 0 Å². The second-order valence-corrected chi connectivity index (χ2v) is 4.50. The van der Waals surface area contributed by atoms with E-state index in [2.05, 4.69) is 28.6 Å². The van der Waals surface area contributed by atoms with Gasteiger partial charge in [-0.25, -0.2) is 0 Å². The average Bonchev–Trinajstić information content (AvgIpc) is 2.72. The van der Waals surface area contributed by atoms with Gasteiger partial charge in [-0.1, -0.05) is 26.0 Å². The van der Waals surface area contributed by atoms with Crippen LogP contribution in [0.4, 0.5) is 0 Å². The number of nitrogens with zero attached hydrogens (tertiary/aromatic N) is 3. The van der Waals surface area contributed by atoms with Crippen LogP contribution in [0.5, 0.6) is 5.75 Å². The van der Waals surface area contributed by atoms with Crippen molar-refractivity contribution in [2.45, 2.75) is 33.6 Å². The molecule has 0 atom stereocenters. The Morgan fingerprint density at radius 1 is 1.22 bits per heavy atom. The van der Waals surface area contributed by atoms with Crippen LogP contribution in [0.1, 0.15) is 38.3 Å². The monoisotopic (exact) mass is 245 g/mol. The normalized spacial score (nSPS) is 10.9. The predicted molar refractivity (Wildman–Crippen MR) is 71.4 cm³/mol. The van der Waals surface area contributed by atoms with E-state index in [-0.39, 0.29) is 0 Å². The molecule has 18 heavy (non-hydrogen) atoms. The third-order valence-corrected chi connectivity index (χ3v) is 2.77. The van der Waals surface area contributed by atoms with Crippen molar-refractivity contribution in [1.82, 2.24) is 14.8 Å². The van der Waals surface area contributed by atoms with E-state index in [1.807, 2.05) is 38.1 Å². The van der Waals surface area contributed by atoms with Crippen molar-refractivity contribution in [2.75, 3.05) is 6.61 Å². The largest absolute Gasteiger partial charge is 0.492 e. The van der Waals surface area contributed by atoms with Crippen molar-refractivity contribution < 1.29 is 4.74 Å². The highest BCUT2D eigenvalue weighted by atomic mass is 16.5. The zero-order valence-electron chi connectivity index (χ0n) is 11.3. The third-order valence-electron chi connectivity index (χ3n) is 2.77. The van der Waals surface area contributed by atoms with Gasteiger partial charge >= 0.3 is 0 Å². The van der Waals surface area contributed by atoms with Gasteiger partial charge < -0.3 is 4.74 Å². The number of ether oxygens (including phenoxy) is 1. The molecule has 4 nitrogen and oxygen atoms in total. The highest BCUT2D eigenvalue weighted by molar-refractivity contribution is 5.48. The number of para-hydroxylation sites is 2. The molecule has 0 bridgehead atoms. The molecule has 1 aromatic carbocycles. The molecule has 0 aliphatic rings. The molecule has 2 aromatic rings. The molecule has 0 spiro atoms.